The van der Waals surface area contributed by atoms with Crippen LogP contribution in [-0.2, 0) is 4.74 Å². The number of nitrogens with one attached hydrogen (secondary N) is 1. The quantitative estimate of drug-likeness (QED) is 0.804. The molecule has 0 saturated carbocycles. The molecule has 1 saturated heterocycles. The van der Waals surface area contributed by atoms with Crippen LogP contribution in [0.4, 0.5) is 0 Å². The molecule has 3 nitrogen and oxygen atoms in total. The molecule has 1 aromatic heterocycles. The van der Waals surface area contributed by atoms with Crippen LogP contribution in [0.3, 0.4) is 0 Å². The third-order valence-corrected chi connectivity index (χ3v) is 3.42. The number of carbonyl (C=O) groups is 1. The molecular formula is C14H15NO2. The van der Waals surface area contributed by atoms with Crippen LogP contribution in [0.2, 0.25) is 0 Å². The Balaban J connectivity index is 1.96. The van der Waals surface area contributed by atoms with Crippen molar-refractivity contribution in [3.8, 4) is 0 Å². The summed E-state index contributed by atoms with van der Waals surface area (Å²) in [5, 5.41) is 1.01. The molecule has 1 aliphatic rings. The van der Waals surface area contributed by atoms with Crippen molar-refractivity contribution in [2.45, 2.75) is 19.4 Å². The maximum Gasteiger partial charge on any atom is 0.170 e. The monoisotopic (exact) mass is 229 g/mol. The number of hydrogen-bond acceptors (Lipinski definition) is 2. The third kappa shape index (κ3) is 1.76. The van der Waals surface area contributed by atoms with E-state index >= 15 is 0 Å². The van der Waals surface area contributed by atoms with Crippen molar-refractivity contribution < 1.29 is 9.53 Å². The van der Waals surface area contributed by atoms with Crippen LogP contribution in [-0.4, -0.2) is 23.5 Å². The van der Waals surface area contributed by atoms with Gasteiger partial charge in [-0.1, -0.05) is 18.2 Å². The number of ketones is 1. The van der Waals surface area contributed by atoms with E-state index in [0.29, 0.717) is 6.61 Å². The minimum Gasteiger partial charge on any atom is -0.378 e. The number of H-pyrrole nitrogens is 1. The fourth-order valence-electron chi connectivity index (χ4n) is 2.50. The van der Waals surface area contributed by atoms with Crippen LogP contribution in [0.15, 0.2) is 30.5 Å². The predicted molar refractivity (Wildman–Crippen MR) is 66.2 cm³/mol. The molecule has 17 heavy (non-hydrogen) atoms. The molecule has 3 rings (SSSR count). The van der Waals surface area contributed by atoms with E-state index in [4.69, 9.17) is 4.74 Å². The zero-order valence-electron chi connectivity index (χ0n) is 9.77. The van der Waals surface area contributed by atoms with E-state index in [9.17, 15) is 4.79 Å². The Kier molecular flexibility index (Phi) is 2.48. The summed E-state index contributed by atoms with van der Waals surface area (Å²) in [5.74, 6) is 0.219. The van der Waals surface area contributed by atoms with E-state index in [1.807, 2.05) is 37.4 Å². The highest BCUT2D eigenvalue weighted by Crippen LogP contribution is 2.26. The van der Waals surface area contributed by atoms with Gasteiger partial charge in [0.15, 0.2) is 5.78 Å². The molecule has 0 spiro atoms. The Bertz CT molecular complexity index is 558. The molecule has 1 aliphatic heterocycles. The first-order valence-corrected chi connectivity index (χ1v) is 5.97. The largest absolute Gasteiger partial charge is 0.378 e. The Hall–Kier alpha value is -1.61. The SMILES string of the molecule is CC1CC(C(=O)c2c[nH]c3ccccc23)CO1. The summed E-state index contributed by atoms with van der Waals surface area (Å²) in [6, 6.07) is 7.90. The van der Waals surface area contributed by atoms with Gasteiger partial charge in [0.1, 0.15) is 0 Å². The van der Waals surface area contributed by atoms with Gasteiger partial charge in [-0.25, -0.2) is 0 Å². The molecule has 88 valence electrons. The summed E-state index contributed by atoms with van der Waals surface area (Å²) >= 11 is 0. The van der Waals surface area contributed by atoms with E-state index in [2.05, 4.69) is 4.98 Å². The lowest BCUT2D eigenvalue weighted by molar-refractivity contribution is 0.0879. The van der Waals surface area contributed by atoms with Crippen LogP contribution in [0.1, 0.15) is 23.7 Å². The minimum absolute atomic E-state index is 0.0178. The standard InChI is InChI=1S/C14H15NO2/c1-9-6-10(8-17-9)14(16)12-7-15-13-5-3-2-4-11(12)13/h2-5,7,9-10,15H,6,8H2,1H3. The van der Waals surface area contributed by atoms with Gasteiger partial charge in [0, 0.05) is 28.6 Å². The second kappa shape index (κ2) is 4.00. The average Bonchev–Trinajstić information content (AvgIpc) is 2.94. The van der Waals surface area contributed by atoms with Gasteiger partial charge < -0.3 is 9.72 Å². The molecule has 3 heteroatoms. The lowest BCUT2D eigenvalue weighted by Crippen LogP contribution is -2.14. The maximum atomic E-state index is 12.4. The Morgan fingerprint density at radius 3 is 3.00 bits per heavy atom. The summed E-state index contributed by atoms with van der Waals surface area (Å²) in [6.45, 7) is 2.57. The van der Waals surface area contributed by atoms with E-state index < -0.39 is 0 Å². The first-order valence-electron chi connectivity index (χ1n) is 5.97. The van der Waals surface area contributed by atoms with E-state index in [0.717, 1.165) is 22.9 Å². The Labute approximate surface area is 99.8 Å². The number of para-hydroxylation sites is 1. The van der Waals surface area contributed by atoms with Crippen molar-refractivity contribution in [2.75, 3.05) is 6.61 Å². The number of Topliss-reactive ketones (excluding diaryl/α,β-unsaturated/α-hetero) is 1. The van der Waals surface area contributed by atoms with E-state index in [1.165, 1.54) is 0 Å². The number of aromatic amines is 1. The third-order valence-electron chi connectivity index (χ3n) is 3.42. The lowest BCUT2D eigenvalue weighted by Gasteiger charge is -2.05. The zero-order chi connectivity index (χ0) is 11.8. The number of aromatic nitrogens is 1. The van der Waals surface area contributed by atoms with Gasteiger partial charge in [0.25, 0.3) is 0 Å². The normalized spacial score (nSPS) is 24.3. The molecule has 0 radical (unpaired) electrons. The number of carbonyl (C=O) groups excluding carboxylic acids is 1. The molecule has 0 aliphatic carbocycles. The topological polar surface area (TPSA) is 42.1 Å². The maximum absolute atomic E-state index is 12.4. The highest BCUT2D eigenvalue weighted by atomic mass is 16.5. The van der Waals surface area contributed by atoms with Crippen molar-refractivity contribution >= 4 is 16.7 Å². The summed E-state index contributed by atoms with van der Waals surface area (Å²) < 4.78 is 5.47. The van der Waals surface area contributed by atoms with Gasteiger partial charge in [-0.05, 0) is 19.4 Å². The van der Waals surface area contributed by atoms with Gasteiger partial charge in [-0.2, -0.15) is 0 Å². The Morgan fingerprint density at radius 1 is 1.41 bits per heavy atom. The highest BCUT2D eigenvalue weighted by molar-refractivity contribution is 6.09. The molecular weight excluding hydrogens is 214 g/mol. The average molecular weight is 229 g/mol. The first kappa shape index (κ1) is 10.5. The summed E-state index contributed by atoms with van der Waals surface area (Å²) in [4.78, 5) is 15.5. The zero-order valence-corrected chi connectivity index (χ0v) is 9.77. The van der Waals surface area contributed by atoms with Crippen molar-refractivity contribution in [2.24, 2.45) is 5.92 Å². The second-order valence-electron chi connectivity index (χ2n) is 4.69. The van der Waals surface area contributed by atoms with Gasteiger partial charge in [0.05, 0.1) is 12.7 Å². The summed E-state index contributed by atoms with van der Waals surface area (Å²) in [5.41, 5.74) is 1.81. The number of ether oxygens (including phenoxy) is 1. The van der Waals surface area contributed by atoms with Gasteiger partial charge in [-0.15, -0.1) is 0 Å². The number of fused-ring (bicyclic) bond motifs is 1. The van der Waals surface area contributed by atoms with Crippen LogP contribution < -0.4 is 0 Å². The molecule has 1 fully saturated rings. The molecule has 1 N–H and O–H groups in total. The van der Waals surface area contributed by atoms with Crippen LogP contribution in [0, 0.1) is 5.92 Å². The van der Waals surface area contributed by atoms with Gasteiger partial charge in [0.2, 0.25) is 0 Å². The molecule has 2 aromatic rings. The number of rotatable bonds is 2. The highest BCUT2D eigenvalue weighted by Gasteiger charge is 2.30. The molecule has 1 aromatic carbocycles. The predicted octanol–water partition coefficient (Wildman–Crippen LogP) is 2.78. The fourth-order valence-corrected chi connectivity index (χ4v) is 2.50. The van der Waals surface area contributed by atoms with E-state index in [-0.39, 0.29) is 17.8 Å². The smallest absolute Gasteiger partial charge is 0.170 e. The van der Waals surface area contributed by atoms with Gasteiger partial charge in [-0.3, -0.25) is 4.79 Å². The van der Waals surface area contributed by atoms with Crippen molar-refractivity contribution in [3.63, 3.8) is 0 Å². The number of benzene rings is 1. The summed E-state index contributed by atoms with van der Waals surface area (Å²) in [6.07, 6.45) is 2.85. The minimum atomic E-state index is 0.0178. The fraction of sp³-hybridized carbons (Fsp3) is 0.357. The van der Waals surface area contributed by atoms with Crippen LogP contribution >= 0.6 is 0 Å². The van der Waals surface area contributed by atoms with Crippen molar-refractivity contribution in [1.29, 1.82) is 0 Å². The van der Waals surface area contributed by atoms with Crippen molar-refractivity contribution in [3.05, 3.63) is 36.0 Å². The first-order chi connectivity index (χ1) is 8.25. The second-order valence-corrected chi connectivity index (χ2v) is 4.69. The molecule has 0 bridgehead atoms. The molecule has 2 heterocycles. The molecule has 2 unspecified atom stereocenters. The molecule has 0 amide bonds. The van der Waals surface area contributed by atoms with Gasteiger partial charge >= 0.3 is 0 Å². The summed E-state index contributed by atoms with van der Waals surface area (Å²) in [7, 11) is 0. The number of hydrogen-bond donors (Lipinski definition) is 1. The van der Waals surface area contributed by atoms with Crippen LogP contribution in [0.5, 0.6) is 0 Å². The lowest BCUT2D eigenvalue weighted by atomic mass is 9.95. The van der Waals surface area contributed by atoms with E-state index in [1.54, 1.807) is 0 Å². The van der Waals surface area contributed by atoms with Crippen molar-refractivity contribution in [1.82, 2.24) is 4.98 Å². The Morgan fingerprint density at radius 2 is 2.24 bits per heavy atom. The van der Waals surface area contributed by atoms with Crippen LogP contribution in [0.25, 0.3) is 10.9 Å². The molecule has 2 atom stereocenters.